The summed E-state index contributed by atoms with van der Waals surface area (Å²) in [5.74, 6) is -0.245. The maximum atomic E-state index is 13.7. The summed E-state index contributed by atoms with van der Waals surface area (Å²) >= 11 is 6.26. The van der Waals surface area contributed by atoms with Gasteiger partial charge >= 0.3 is 0 Å². The molecule has 8 nitrogen and oxygen atoms in total. The molecule has 0 saturated heterocycles. The highest BCUT2D eigenvalue weighted by atomic mass is 35.5. The number of hydrogen-bond acceptors (Lipinski definition) is 5. The molecule has 0 spiro atoms. The van der Waals surface area contributed by atoms with E-state index in [-0.39, 0.29) is 23.2 Å². The van der Waals surface area contributed by atoms with Gasteiger partial charge in [-0.3, -0.25) is 13.9 Å². The zero-order chi connectivity index (χ0) is 26.4. The predicted molar refractivity (Wildman–Crippen MR) is 139 cm³/mol. The van der Waals surface area contributed by atoms with Crippen molar-refractivity contribution < 1.29 is 22.7 Å². The molecule has 0 aliphatic carbocycles. The van der Waals surface area contributed by atoms with Crippen molar-refractivity contribution in [3.8, 4) is 5.75 Å². The van der Waals surface area contributed by atoms with Gasteiger partial charge in [0, 0.05) is 12.1 Å². The van der Waals surface area contributed by atoms with Crippen LogP contribution in [0, 0.1) is 0 Å². The maximum absolute atomic E-state index is 13.7. The van der Waals surface area contributed by atoms with E-state index in [1.54, 1.807) is 50.4 Å². The number of amides is 2. The van der Waals surface area contributed by atoms with E-state index in [1.165, 1.54) is 11.0 Å². The molecule has 0 aliphatic heterocycles. The number of nitrogens with one attached hydrogen (secondary N) is 1. The summed E-state index contributed by atoms with van der Waals surface area (Å²) in [4.78, 5) is 28.3. The number of carbonyl (C=O) groups excluding carboxylic acids is 2. The molecule has 2 aromatic carbocycles. The second-order valence-electron chi connectivity index (χ2n) is 9.26. The first-order valence-corrected chi connectivity index (χ1v) is 13.5. The number of rotatable bonds is 10. The van der Waals surface area contributed by atoms with E-state index in [2.05, 4.69) is 5.32 Å². The molecule has 0 fully saturated rings. The van der Waals surface area contributed by atoms with Crippen molar-refractivity contribution in [3.63, 3.8) is 0 Å². The third-order valence-corrected chi connectivity index (χ3v) is 6.62. The fourth-order valence-corrected chi connectivity index (χ4v) is 4.74. The molecule has 1 unspecified atom stereocenters. The Morgan fingerprint density at radius 1 is 1.11 bits per heavy atom. The average molecular weight is 524 g/mol. The van der Waals surface area contributed by atoms with Crippen LogP contribution < -0.4 is 14.4 Å². The molecule has 0 aromatic heterocycles. The summed E-state index contributed by atoms with van der Waals surface area (Å²) in [6, 6.07) is 12.8. The Balaban J connectivity index is 2.49. The number of benzene rings is 2. The Kier molecular flexibility index (Phi) is 9.57. The normalized spacial score (nSPS) is 12.5. The Bertz CT molecular complexity index is 1150. The summed E-state index contributed by atoms with van der Waals surface area (Å²) in [7, 11) is -2.31. The van der Waals surface area contributed by atoms with Gasteiger partial charge in [0.25, 0.3) is 0 Å². The van der Waals surface area contributed by atoms with Crippen LogP contribution in [0.2, 0.25) is 5.02 Å². The van der Waals surface area contributed by atoms with Gasteiger partial charge < -0.3 is 15.0 Å². The van der Waals surface area contributed by atoms with Gasteiger partial charge in [-0.05, 0) is 57.0 Å². The zero-order valence-corrected chi connectivity index (χ0v) is 22.6. The van der Waals surface area contributed by atoms with Gasteiger partial charge in [0.15, 0.2) is 0 Å². The smallest absolute Gasteiger partial charge is 0.244 e. The van der Waals surface area contributed by atoms with Crippen molar-refractivity contribution in [2.75, 3.05) is 24.2 Å². The molecule has 0 aliphatic rings. The van der Waals surface area contributed by atoms with Gasteiger partial charge in [-0.2, -0.15) is 0 Å². The molecule has 2 aromatic rings. The van der Waals surface area contributed by atoms with Gasteiger partial charge in [0.05, 0.1) is 24.1 Å². The summed E-state index contributed by atoms with van der Waals surface area (Å²) in [5, 5.41) is 3.12. The van der Waals surface area contributed by atoms with Gasteiger partial charge in [0.1, 0.15) is 18.3 Å². The molecule has 0 radical (unpaired) electrons. The molecule has 0 saturated carbocycles. The van der Waals surface area contributed by atoms with E-state index in [0.717, 1.165) is 16.1 Å². The molecule has 2 amide bonds. The third kappa shape index (κ3) is 8.14. The number of nitrogens with zero attached hydrogens (tertiary/aromatic N) is 2. The van der Waals surface area contributed by atoms with E-state index in [1.807, 2.05) is 26.8 Å². The first-order valence-electron chi connectivity index (χ1n) is 11.2. The molecule has 192 valence electrons. The maximum Gasteiger partial charge on any atom is 0.244 e. The highest BCUT2D eigenvalue weighted by molar-refractivity contribution is 7.92. The number of anilines is 1. The standard InChI is InChI=1S/C25H34ClN3O5S/c1-7-21(24(31)27-25(2,3)4)28(16-18-11-10-12-19(15-18)34-5)23(30)17-29(35(6,32)33)22-14-9-8-13-20(22)26/h8-15,21H,7,16-17H2,1-6H3,(H,27,31). The number of hydrogen-bond donors (Lipinski definition) is 1. The summed E-state index contributed by atoms with van der Waals surface area (Å²) in [5.41, 5.74) is 0.424. The van der Waals surface area contributed by atoms with Crippen LogP contribution in [-0.2, 0) is 26.2 Å². The number of para-hydroxylation sites is 1. The van der Waals surface area contributed by atoms with E-state index >= 15 is 0 Å². The SMILES string of the molecule is CCC(C(=O)NC(C)(C)C)N(Cc1cccc(OC)c1)C(=O)CN(c1ccccc1Cl)S(C)(=O)=O. The average Bonchev–Trinajstić information content (AvgIpc) is 2.76. The number of methoxy groups -OCH3 is 1. The van der Waals surface area contributed by atoms with E-state index in [4.69, 9.17) is 16.3 Å². The fourth-order valence-electron chi connectivity index (χ4n) is 3.59. The summed E-state index contributed by atoms with van der Waals surface area (Å²) in [6.07, 6.45) is 1.35. The molecular formula is C25H34ClN3O5S. The minimum absolute atomic E-state index is 0.0895. The van der Waals surface area contributed by atoms with Gasteiger partial charge in [-0.25, -0.2) is 8.42 Å². The molecular weight excluding hydrogens is 490 g/mol. The minimum Gasteiger partial charge on any atom is -0.497 e. The van der Waals surface area contributed by atoms with E-state index in [0.29, 0.717) is 12.2 Å². The molecule has 10 heteroatoms. The molecule has 2 rings (SSSR count). The van der Waals surface area contributed by atoms with Crippen LogP contribution in [0.3, 0.4) is 0 Å². The monoisotopic (exact) mass is 523 g/mol. The van der Waals surface area contributed by atoms with Crippen LogP contribution in [0.4, 0.5) is 5.69 Å². The lowest BCUT2D eigenvalue weighted by molar-refractivity contribution is -0.141. The first-order chi connectivity index (χ1) is 16.3. The van der Waals surface area contributed by atoms with Crippen molar-refractivity contribution in [3.05, 3.63) is 59.1 Å². The Labute approximate surface area is 213 Å². The molecule has 1 atom stereocenters. The number of sulfonamides is 1. The largest absolute Gasteiger partial charge is 0.497 e. The third-order valence-electron chi connectivity index (χ3n) is 5.17. The van der Waals surface area contributed by atoms with Crippen LogP contribution in [-0.4, -0.2) is 56.6 Å². The second-order valence-corrected chi connectivity index (χ2v) is 11.6. The fraction of sp³-hybridized carbons (Fsp3) is 0.440. The Morgan fingerprint density at radius 2 is 1.77 bits per heavy atom. The first kappa shape index (κ1) is 28.5. The molecule has 0 bridgehead atoms. The van der Waals surface area contributed by atoms with Crippen LogP contribution in [0.1, 0.15) is 39.7 Å². The van der Waals surface area contributed by atoms with Gasteiger partial charge in [-0.15, -0.1) is 0 Å². The lowest BCUT2D eigenvalue weighted by Gasteiger charge is -2.34. The molecule has 1 N–H and O–H groups in total. The Hall–Kier alpha value is -2.78. The van der Waals surface area contributed by atoms with Crippen molar-refractivity contribution in [1.82, 2.24) is 10.2 Å². The Morgan fingerprint density at radius 3 is 2.31 bits per heavy atom. The van der Waals surface area contributed by atoms with Gasteiger partial charge in [-0.1, -0.05) is 42.8 Å². The number of carbonyl (C=O) groups is 2. The summed E-state index contributed by atoms with van der Waals surface area (Å²) in [6.45, 7) is 6.96. The quantitative estimate of drug-likeness (QED) is 0.510. The van der Waals surface area contributed by atoms with Crippen molar-refractivity contribution in [2.45, 2.75) is 52.2 Å². The van der Waals surface area contributed by atoms with Crippen molar-refractivity contribution >= 4 is 39.1 Å². The van der Waals surface area contributed by atoms with Crippen LogP contribution in [0.15, 0.2) is 48.5 Å². The highest BCUT2D eigenvalue weighted by Crippen LogP contribution is 2.28. The number of halogens is 1. The highest BCUT2D eigenvalue weighted by Gasteiger charge is 2.33. The topological polar surface area (TPSA) is 96.0 Å². The zero-order valence-electron chi connectivity index (χ0n) is 21.0. The minimum atomic E-state index is -3.85. The van der Waals surface area contributed by atoms with Crippen molar-refractivity contribution in [1.29, 1.82) is 0 Å². The van der Waals surface area contributed by atoms with Crippen LogP contribution in [0.25, 0.3) is 0 Å². The lowest BCUT2D eigenvalue weighted by Crippen LogP contribution is -2.55. The number of ether oxygens (including phenoxy) is 1. The van der Waals surface area contributed by atoms with E-state index in [9.17, 15) is 18.0 Å². The van der Waals surface area contributed by atoms with Crippen LogP contribution in [0.5, 0.6) is 5.75 Å². The van der Waals surface area contributed by atoms with Crippen molar-refractivity contribution in [2.24, 2.45) is 0 Å². The van der Waals surface area contributed by atoms with Gasteiger partial charge in [0.2, 0.25) is 21.8 Å². The predicted octanol–water partition coefficient (Wildman–Crippen LogP) is 3.84. The molecule has 0 heterocycles. The summed E-state index contributed by atoms with van der Waals surface area (Å²) < 4.78 is 31.5. The van der Waals surface area contributed by atoms with Crippen LogP contribution >= 0.6 is 11.6 Å². The molecule has 35 heavy (non-hydrogen) atoms. The second kappa shape index (κ2) is 11.8. The van der Waals surface area contributed by atoms with E-state index < -0.39 is 34.1 Å². The lowest BCUT2D eigenvalue weighted by atomic mass is 10.1.